The minimum Gasteiger partial charge on any atom is -0.391 e. The number of benzene rings is 1. The lowest BCUT2D eigenvalue weighted by Gasteiger charge is -2.27. The van der Waals surface area contributed by atoms with Gasteiger partial charge >= 0.3 is 0 Å². The fraction of sp³-hybridized carbons (Fsp3) is 0.524. The van der Waals surface area contributed by atoms with Crippen LogP contribution in [0.15, 0.2) is 30.4 Å². The Bertz CT molecular complexity index is 659. The molecule has 0 radical (unpaired) electrons. The molecule has 1 rings (SSSR count). The van der Waals surface area contributed by atoms with Crippen LogP contribution >= 0.6 is 0 Å². The second-order valence-corrected chi connectivity index (χ2v) is 6.85. The predicted molar refractivity (Wildman–Crippen MR) is 105 cm³/mol. The molecule has 1 unspecified atom stereocenters. The molecule has 3 N–H and O–H groups in total. The molecule has 2 amide bonds. The smallest absolute Gasteiger partial charge is 0.224 e. The quantitative estimate of drug-likeness (QED) is 0.503. The first-order chi connectivity index (χ1) is 13.2. The predicted octanol–water partition coefficient (Wildman–Crippen LogP) is 3.01. The summed E-state index contributed by atoms with van der Waals surface area (Å²) in [6.07, 6.45) is 4.69. The largest absolute Gasteiger partial charge is 0.391 e. The molecule has 0 saturated carbocycles. The molecule has 0 saturated heterocycles. The number of aliphatic hydroxyl groups excluding tert-OH is 1. The van der Waals surface area contributed by atoms with Gasteiger partial charge in [-0.25, -0.2) is 8.78 Å². The molecule has 1 aromatic rings. The topological polar surface area (TPSA) is 78.4 Å². The highest BCUT2D eigenvalue weighted by Crippen LogP contribution is 2.15. The molecule has 156 valence electrons. The minimum atomic E-state index is -0.994. The fourth-order valence-electron chi connectivity index (χ4n) is 2.95. The van der Waals surface area contributed by atoms with Gasteiger partial charge in [-0.3, -0.25) is 9.59 Å². The lowest BCUT2D eigenvalue weighted by molar-refractivity contribution is -0.122. The second-order valence-electron chi connectivity index (χ2n) is 6.85. The third kappa shape index (κ3) is 9.08. The maximum absolute atomic E-state index is 13.4. The van der Waals surface area contributed by atoms with Gasteiger partial charge in [0.2, 0.25) is 11.8 Å². The van der Waals surface area contributed by atoms with Crippen molar-refractivity contribution in [3.63, 3.8) is 0 Å². The van der Waals surface area contributed by atoms with E-state index >= 15 is 0 Å². The Labute approximate surface area is 165 Å². The lowest BCUT2D eigenvalue weighted by atomic mass is 9.95. The Balaban J connectivity index is 2.78. The van der Waals surface area contributed by atoms with Gasteiger partial charge in [0.25, 0.3) is 0 Å². The summed E-state index contributed by atoms with van der Waals surface area (Å²) in [6.45, 7) is 5.17. The van der Waals surface area contributed by atoms with Crippen LogP contribution < -0.4 is 10.6 Å². The Kier molecular flexibility index (Phi) is 10.4. The summed E-state index contributed by atoms with van der Waals surface area (Å²) in [6, 6.07) is 2.10. The van der Waals surface area contributed by atoms with Gasteiger partial charge in [0.1, 0.15) is 11.6 Å². The number of halogens is 2. The number of allylic oxidation sites excluding steroid dienone is 1. The highest BCUT2D eigenvalue weighted by molar-refractivity contribution is 5.77. The van der Waals surface area contributed by atoms with E-state index in [4.69, 9.17) is 0 Å². The molecule has 0 aromatic heterocycles. The average molecular weight is 396 g/mol. The van der Waals surface area contributed by atoms with Gasteiger partial charge in [0, 0.05) is 25.5 Å². The molecular weight excluding hydrogens is 366 g/mol. The Morgan fingerprint density at radius 3 is 2.29 bits per heavy atom. The normalized spacial score (nSPS) is 14.5. The van der Waals surface area contributed by atoms with Crippen molar-refractivity contribution >= 4 is 11.8 Å². The summed E-state index contributed by atoms with van der Waals surface area (Å²) >= 11 is 0. The number of carbonyl (C=O) groups is 2. The van der Waals surface area contributed by atoms with E-state index in [-0.39, 0.29) is 37.1 Å². The first-order valence-corrected chi connectivity index (χ1v) is 9.59. The summed E-state index contributed by atoms with van der Waals surface area (Å²) in [5, 5.41) is 16.1. The molecule has 5 nitrogen and oxygen atoms in total. The van der Waals surface area contributed by atoms with E-state index in [1.54, 1.807) is 6.08 Å². The molecule has 0 aliphatic carbocycles. The number of rotatable bonds is 11. The van der Waals surface area contributed by atoms with Crippen LogP contribution in [0.4, 0.5) is 8.78 Å². The van der Waals surface area contributed by atoms with E-state index in [0.717, 1.165) is 12.5 Å². The molecule has 0 spiro atoms. The van der Waals surface area contributed by atoms with Gasteiger partial charge in [0.05, 0.1) is 12.1 Å². The fourth-order valence-corrected chi connectivity index (χ4v) is 2.95. The van der Waals surface area contributed by atoms with Crippen LogP contribution in [-0.4, -0.2) is 35.1 Å². The molecule has 0 aliphatic heterocycles. The molecule has 3 atom stereocenters. The van der Waals surface area contributed by atoms with Crippen LogP contribution in [0.5, 0.6) is 0 Å². The van der Waals surface area contributed by atoms with Gasteiger partial charge in [-0.2, -0.15) is 0 Å². The maximum Gasteiger partial charge on any atom is 0.224 e. The van der Waals surface area contributed by atoms with Crippen molar-refractivity contribution in [2.75, 3.05) is 0 Å². The summed E-state index contributed by atoms with van der Waals surface area (Å²) in [5.74, 6) is -1.94. The van der Waals surface area contributed by atoms with Crippen molar-refractivity contribution in [3.05, 3.63) is 47.5 Å². The van der Waals surface area contributed by atoms with Crippen molar-refractivity contribution in [3.8, 4) is 0 Å². The number of nitrogens with one attached hydrogen (secondary N) is 2. The van der Waals surface area contributed by atoms with Crippen LogP contribution in [0.3, 0.4) is 0 Å². The van der Waals surface area contributed by atoms with Crippen molar-refractivity contribution in [1.29, 1.82) is 0 Å². The van der Waals surface area contributed by atoms with Crippen molar-refractivity contribution in [2.24, 2.45) is 0 Å². The van der Waals surface area contributed by atoms with Gasteiger partial charge in [0.15, 0.2) is 0 Å². The first-order valence-electron chi connectivity index (χ1n) is 9.59. The van der Waals surface area contributed by atoms with Crippen molar-refractivity contribution < 1.29 is 23.5 Å². The molecule has 0 heterocycles. The van der Waals surface area contributed by atoms with Crippen LogP contribution in [0.2, 0.25) is 0 Å². The molecule has 7 heteroatoms. The monoisotopic (exact) mass is 396 g/mol. The Morgan fingerprint density at radius 2 is 1.75 bits per heavy atom. The van der Waals surface area contributed by atoms with E-state index in [1.807, 2.05) is 19.9 Å². The summed E-state index contributed by atoms with van der Waals surface area (Å²) in [4.78, 5) is 23.5. The number of hydrogen-bond acceptors (Lipinski definition) is 3. The average Bonchev–Trinajstić information content (AvgIpc) is 2.59. The number of amides is 2. The third-order valence-corrected chi connectivity index (χ3v) is 4.32. The SMILES string of the molecule is CCC=CCC(=O)NC(CC)C[C@H](O)[C@H](Cc1cc(F)cc(F)c1)NC(C)=O. The minimum absolute atomic E-state index is 0.0685. The maximum atomic E-state index is 13.4. The molecular formula is C21H30F2N2O3. The van der Waals surface area contributed by atoms with Crippen molar-refractivity contribution in [1.82, 2.24) is 10.6 Å². The van der Waals surface area contributed by atoms with E-state index in [1.165, 1.54) is 19.1 Å². The van der Waals surface area contributed by atoms with Gasteiger partial charge < -0.3 is 15.7 Å². The molecule has 0 aliphatic rings. The zero-order chi connectivity index (χ0) is 21.1. The van der Waals surface area contributed by atoms with E-state index in [9.17, 15) is 23.5 Å². The first kappa shape index (κ1) is 23.8. The number of carbonyl (C=O) groups excluding carboxylic acids is 2. The van der Waals surface area contributed by atoms with Gasteiger partial charge in [-0.1, -0.05) is 26.0 Å². The summed E-state index contributed by atoms with van der Waals surface area (Å²) in [5.41, 5.74) is 0.331. The van der Waals surface area contributed by atoms with Crippen LogP contribution in [0.1, 0.15) is 52.0 Å². The molecule has 28 heavy (non-hydrogen) atoms. The Morgan fingerprint density at radius 1 is 1.11 bits per heavy atom. The zero-order valence-electron chi connectivity index (χ0n) is 16.7. The third-order valence-electron chi connectivity index (χ3n) is 4.32. The second kappa shape index (κ2) is 12.2. The summed E-state index contributed by atoms with van der Waals surface area (Å²) < 4.78 is 26.9. The molecule has 0 bridgehead atoms. The number of hydrogen-bond donors (Lipinski definition) is 3. The van der Waals surface area contributed by atoms with Crippen molar-refractivity contribution in [2.45, 2.75) is 71.1 Å². The highest BCUT2D eigenvalue weighted by atomic mass is 19.1. The van der Waals surface area contributed by atoms with Gasteiger partial charge in [-0.05, 0) is 43.4 Å². The van der Waals surface area contributed by atoms with E-state index in [2.05, 4.69) is 10.6 Å². The van der Waals surface area contributed by atoms with Crippen LogP contribution in [-0.2, 0) is 16.0 Å². The van der Waals surface area contributed by atoms with Gasteiger partial charge in [-0.15, -0.1) is 0 Å². The van der Waals surface area contributed by atoms with E-state index in [0.29, 0.717) is 12.0 Å². The standard InChI is InChI=1S/C21H30F2N2O3/c1-4-6-7-8-21(28)25-18(5-2)13-20(27)19(24-14(3)26)11-15-9-16(22)12-17(23)10-15/h6-7,9-10,12,18-20,27H,4-5,8,11,13H2,1-3H3,(H,24,26)(H,25,28)/t18?,19-,20-/m0/s1. The van der Waals surface area contributed by atoms with Crippen LogP contribution in [0, 0.1) is 11.6 Å². The molecule has 1 aromatic carbocycles. The lowest BCUT2D eigenvalue weighted by Crippen LogP contribution is -2.47. The summed E-state index contributed by atoms with van der Waals surface area (Å²) in [7, 11) is 0. The highest BCUT2D eigenvalue weighted by Gasteiger charge is 2.24. The number of aliphatic hydroxyl groups is 1. The zero-order valence-corrected chi connectivity index (χ0v) is 16.7. The van der Waals surface area contributed by atoms with E-state index < -0.39 is 23.8 Å². The molecule has 0 fully saturated rings. The van der Waals surface area contributed by atoms with Crippen LogP contribution in [0.25, 0.3) is 0 Å². The Hall–Kier alpha value is -2.28.